The van der Waals surface area contributed by atoms with Gasteiger partial charge in [0.25, 0.3) is 0 Å². The molecule has 0 aromatic rings. The minimum Gasteiger partial charge on any atom is -0.354 e. The van der Waals surface area contributed by atoms with E-state index in [0.29, 0.717) is 11.8 Å². The lowest BCUT2D eigenvalue weighted by Crippen LogP contribution is -2.44. The highest BCUT2D eigenvalue weighted by molar-refractivity contribution is 8.06. The molecule has 0 saturated carbocycles. The third-order valence-corrected chi connectivity index (χ3v) is 5.35. The smallest absolute Gasteiger partial charge is 0.226 e. The number of amides is 1. The number of nitrogens with two attached hydrogens (primary N) is 1. The van der Waals surface area contributed by atoms with Crippen LogP contribution < -0.4 is 11.1 Å². The van der Waals surface area contributed by atoms with E-state index in [-0.39, 0.29) is 18.3 Å². The van der Waals surface area contributed by atoms with E-state index in [9.17, 15) is 4.79 Å². The number of carbonyl (C=O) groups is 1. The highest BCUT2D eigenvalue weighted by atomic mass is 35.5. The summed E-state index contributed by atoms with van der Waals surface area (Å²) in [6.45, 7) is 4.93. The van der Waals surface area contributed by atoms with Gasteiger partial charge in [0.1, 0.15) is 0 Å². The summed E-state index contributed by atoms with van der Waals surface area (Å²) in [7, 11) is 0. The van der Waals surface area contributed by atoms with Crippen molar-refractivity contribution in [3.63, 3.8) is 0 Å². The van der Waals surface area contributed by atoms with Crippen LogP contribution in [0.25, 0.3) is 0 Å². The molecular formula is C10H21ClN2OS2. The first kappa shape index (κ1) is 16.4. The van der Waals surface area contributed by atoms with Crippen LogP contribution in [0.3, 0.4) is 0 Å². The first-order valence-electron chi connectivity index (χ1n) is 5.24. The summed E-state index contributed by atoms with van der Waals surface area (Å²) in [5.41, 5.74) is 5.11. The van der Waals surface area contributed by atoms with Gasteiger partial charge in [-0.15, -0.1) is 12.4 Å². The maximum absolute atomic E-state index is 11.7. The van der Waals surface area contributed by atoms with Gasteiger partial charge in [0, 0.05) is 35.6 Å². The average molecular weight is 285 g/mol. The standard InChI is InChI=1S/C10H20N2OS2.ClH/c1-10(2,7-11)9(13)12-5-8-6-14-3-4-15-8;/h8H,3-7,11H2,1-2H3,(H,12,13);1H. The topological polar surface area (TPSA) is 55.1 Å². The minimum atomic E-state index is -0.438. The van der Waals surface area contributed by atoms with Crippen LogP contribution in [0.15, 0.2) is 0 Å². The summed E-state index contributed by atoms with van der Waals surface area (Å²) in [5, 5.41) is 3.56. The summed E-state index contributed by atoms with van der Waals surface area (Å²) in [4.78, 5) is 11.7. The van der Waals surface area contributed by atoms with Crippen molar-refractivity contribution < 1.29 is 4.79 Å². The minimum absolute atomic E-state index is 0. The average Bonchev–Trinajstić information content (AvgIpc) is 2.27. The van der Waals surface area contributed by atoms with Crippen molar-refractivity contribution in [1.82, 2.24) is 5.32 Å². The Hall–Kier alpha value is 0.420. The normalized spacial score (nSPS) is 21.1. The Kier molecular flexibility index (Phi) is 7.89. The molecule has 1 aliphatic rings. The van der Waals surface area contributed by atoms with E-state index in [1.165, 1.54) is 11.5 Å². The zero-order chi connectivity index (χ0) is 11.3. The van der Waals surface area contributed by atoms with Crippen LogP contribution in [-0.4, -0.2) is 41.5 Å². The van der Waals surface area contributed by atoms with Crippen LogP contribution in [0.5, 0.6) is 0 Å². The molecule has 1 saturated heterocycles. The van der Waals surface area contributed by atoms with Crippen molar-refractivity contribution >= 4 is 41.8 Å². The fourth-order valence-corrected chi connectivity index (χ4v) is 3.80. The molecule has 1 rings (SSSR count). The molecule has 6 heteroatoms. The van der Waals surface area contributed by atoms with Crippen molar-refractivity contribution in [3.05, 3.63) is 0 Å². The molecule has 3 N–H and O–H groups in total. The van der Waals surface area contributed by atoms with Crippen molar-refractivity contribution in [3.8, 4) is 0 Å². The first-order chi connectivity index (χ1) is 7.06. The van der Waals surface area contributed by atoms with Crippen LogP contribution >= 0.6 is 35.9 Å². The third kappa shape index (κ3) is 5.17. The third-order valence-electron chi connectivity index (χ3n) is 2.50. The SMILES string of the molecule is CC(C)(CN)C(=O)NCC1CSCCS1.Cl. The molecule has 0 aliphatic carbocycles. The van der Waals surface area contributed by atoms with Gasteiger partial charge in [-0.3, -0.25) is 4.79 Å². The summed E-state index contributed by atoms with van der Waals surface area (Å²) >= 11 is 3.93. The molecule has 0 aromatic carbocycles. The van der Waals surface area contributed by atoms with Gasteiger partial charge in [-0.05, 0) is 13.8 Å². The second-order valence-corrected chi connectivity index (χ2v) is 6.92. The molecule has 0 aromatic heterocycles. The van der Waals surface area contributed by atoms with Gasteiger partial charge in [0.15, 0.2) is 0 Å². The molecule has 0 radical (unpaired) electrons. The maximum atomic E-state index is 11.7. The molecule has 1 atom stereocenters. The Morgan fingerprint density at radius 1 is 1.50 bits per heavy atom. The van der Waals surface area contributed by atoms with Gasteiger partial charge in [-0.2, -0.15) is 23.5 Å². The lowest BCUT2D eigenvalue weighted by molar-refractivity contribution is -0.128. The van der Waals surface area contributed by atoms with Crippen LogP contribution in [0.4, 0.5) is 0 Å². The van der Waals surface area contributed by atoms with E-state index >= 15 is 0 Å². The van der Waals surface area contributed by atoms with E-state index in [1.54, 1.807) is 0 Å². The van der Waals surface area contributed by atoms with Gasteiger partial charge in [0.05, 0.1) is 5.41 Å². The van der Waals surface area contributed by atoms with E-state index in [1.807, 2.05) is 37.4 Å². The first-order valence-corrected chi connectivity index (χ1v) is 7.44. The Balaban J connectivity index is 0.00000225. The Labute approximate surface area is 112 Å². The van der Waals surface area contributed by atoms with Gasteiger partial charge in [0.2, 0.25) is 5.91 Å². The molecule has 1 fully saturated rings. The van der Waals surface area contributed by atoms with Crippen molar-refractivity contribution in [2.24, 2.45) is 11.1 Å². The molecule has 1 aliphatic heterocycles. The van der Waals surface area contributed by atoms with E-state index < -0.39 is 5.41 Å². The number of carbonyl (C=O) groups excluding carboxylic acids is 1. The molecule has 96 valence electrons. The molecule has 16 heavy (non-hydrogen) atoms. The van der Waals surface area contributed by atoms with Gasteiger partial charge in [-0.1, -0.05) is 0 Å². The van der Waals surface area contributed by atoms with E-state index in [4.69, 9.17) is 5.73 Å². The van der Waals surface area contributed by atoms with E-state index in [2.05, 4.69) is 5.32 Å². The van der Waals surface area contributed by atoms with Crippen LogP contribution in [0, 0.1) is 5.41 Å². The predicted molar refractivity (Wildman–Crippen MR) is 76.7 cm³/mol. The lowest BCUT2D eigenvalue weighted by atomic mass is 9.93. The van der Waals surface area contributed by atoms with Gasteiger partial charge in [-0.25, -0.2) is 0 Å². The molecule has 3 nitrogen and oxygen atoms in total. The Morgan fingerprint density at radius 3 is 2.69 bits per heavy atom. The quantitative estimate of drug-likeness (QED) is 0.818. The molecular weight excluding hydrogens is 264 g/mol. The number of hydrogen-bond donors (Lipinski definition) is 2. The molecule has 1 unspecified atom stereocenters. The maximum Gasteiger partial charge on any atom is 0.226 e. The summed E-state index contributed by atoms with van der Waals surface area (Å²) in [6, 6.07) is 0. The number of rotatable bonds is 4. The van der Waals surface area contributed by atoms with Crippen molar-refractivity contribution in [2.75, 3.05) is 30.3 Å². The fourth-order valence-electron chi connectivity index (χ4n) is 1.19. The van der Waals surface area contributed by atoms with Gasteiger partial charge < -0.3 is 11.1 Å². The highest BCUT2D eigenvalue weighted by Crippen LogP contribution is 2.23. The number of nitrogens with one attached hydrogen (secondary N) is 1. The highest BCUT2D eigenvalue weighted by Gasteiger charge is 2.26. The zero-order valence-corrected chi connectivity index (χ0v) is 12.3. The summed E-state index contributed by atoms with van der Waals surface area (Å²) in [5.74, 6) is 3.66. The summed E-state index contributed by atoms with van der Waals surface area (Å²) in [6.07, 6.45) is 0. The number of halogens is 1. The fraction of sp³-hybridized carbons (Fsp3) is 0.900. The lowest BCUT2D eigenvalue weighted by Gasteiger charge is -2.25. The summed E-state index contributed by atoms with van der Waals surface area (Å²) < 4.78 is 0. The predicted octanol–water partition coefficient (Wildman–Crippen LogP) is 1.36. The Morgan fingerprint density at radius 2 is 2.19 bits per heavy atom. The second-order valence-electron chi connectivity index (χ2n) is 4.37. The van der Waals surface area contributed by atoms with E-state index in [0.717, 1.165) is 12.3 Å². The number of hydrogen-bond acceptors (Lipinski definition) is 4. The molecule has 0 bridgehead atoms. The second kappa shape index (κ2) is 7.69. The number of thioether (sulfide) groups is 2. The van der Waals surface area contributed by atoms with Crippen LogP contribution in [0.1, 0.15) is 13.8 Å². The van der Waals surface area contributed by atoms with Crippen molar-refractivity contribution in [1.29, 1.82) is 0 Å². The van der Waals surface area contributed by atoms with Crippen molar-refractivity contribution in [2.45, 2.75) is 19.1 Å². The van der Waals surface area contributed by atoms with Crippen LogP contribution in [-0.2, 0) is 4.79 Å². The molecule has 0 spiro atoms. The molecule has 1 amide bonds. The van der Waals surface area contributed by atoms with Crippen LogP contribution in [0.2, 0.25) is 0 Å². The Bertz CT molecular complexity index is 221. The van der Waals surface area contributed by atoms with Gasteiger partial charge >= 0.3 is 0 Å². The zero-order valence-electron chi connectivity index (χ0n) is 9.82. The largest absolute Gasteiger partial charge is 0.354 e. The molecule has 1 heterocycles. The monoisotopic (exact) mass is 284 g/mol.